The predicted molar refractivity (Wildman–Crippen MR) is 179 cm³/mol. The van der Waals surface area contributed by atoms with Crippen molar-refractivity contribution >= 4 is 17.6 Å². The smallest absolute Gasteiger partial charge is 0.410 e. The summed E-state index contributed by atoms with van der Waals surface area (Å²) in [6.07, 6.45) is 8.15. The van der Waals surface area contributed by atoms with Gasteiger partial charge in [0, 0.05) is 49.1 Å². The number of ketones is 1. The lowest BCUT2D eigenvalue weighted by Gasteiger charge is -2.58. The van der Waals surface area contributed by atoms with Gasteiger partial charge in [-0.05, 0) is 133 Å². The molecule has 6 nitrogen and oxygen atoms in total. The number of piperazine rings is 1. The second-order valence-electron chi connectivity index (χ2n) is 16.9. The molecule has 1 saturated heterocycles. The molecule has 3 saturated carbocycles. The van der Waals surface area contributed by atoms with Crippen molar-refractivity contribution in [2.24, 2.45) is 34.5 Å². The Labute approximate surface area is 271 Å². The van der Waals surface area contributed by atoms with E-state index in [9.17, 15) is 14.7 Å². The summed E-state index contributed by atoms with van der Waals surface area (Å²) in [5.74, 6) is 9.36. The number of ether oxygens (including phenoxy) is 1. The van der Waals surface area contributed by atoms with Gasteiger partial charge in [-0.15, -0.1) is 0 Å². The molecule has 1 aromatic rings. The van der Waals surface area contributed by atoms with Gasteiger partial charge in [-0.25, -0.2) is 4.79 Å². The first-order valence-electron chi connectivity index (χ1n) is 17.4. The number of allylic oxidation sites excluding steroid dienone is 1. The number of carbonyl (C=O) groups is 2. The van der Waals surface area contributed by atoms with E-state index in [4.69, 9.17) is 4.74 Å². The van der Waals surface area contributed by atoms with Crippen LogP contribution in [0.3, 0.4) is 0 Å². The van der Waals surface area contributed by atoms with E-state index in [0.717, 1.165) is 51.6 Å². The van der Waals surface area contributed by atoms with Crippen LogP contribution in [0, 0.1) is 46.3 Å². The molecule has 5 aliphatic rings. The molecule has 4 aliphatic carbocycles. The molecule has 0 radical (unpaired) electrons. The zero-order chi connectivity index (χ0) is 32.4. The lowest BCUT2D eigenvalue weighted by atomic mass is 9.46. The highest BCUT2D eigenvalue weighted by Gasteiger charge is 2.64. The highest BCUT2D eigenvalue weighted by Crippen LogP contribution is 2.68. The number of nitrogens with zero attached hydrogens (tertiary/aromatic N) is 2. The summed E-state index contributed by atoms with van der Waals surface area (Å²) in [7, 11) is 0. The van der Waals surface area contributed by atoms with Gasteiger partial charge in [-0.1, -0.05) is 36.5 Å². The first-order chi connectivity index (χ1) is 21.1. The highest BCUT2D eigenvalue weighted by molar-refractivity contribution is 5.91. The summed E-state index contributed by atoms with van der Waals surface area (Å²) in [6.45, 7) is 17.3. The number of hydrogen-bond acceptors (Lipinski definition) is 5. The summed E-state index contributed by atoms with van der Waals surface area (Å²) in [5, 5.41) is 12.3. The second kappa shape index (κ2) is 11.5. The van der Waals surface area contributed by atoms with Gasteiger partial charge in [0.25, 0.3) is 0 Å². The van der Waals surface area contributed by atoms with Crippen molar-refractivity contribution in [3.63, 3.8) is 0 Å². The number of rotatable bonds is 2. The normalized spacial score (nSPS) is 35.0. The third-order valence-electron chi connectivity index (χ3n) is 11.7. The van der Waals surface area contributed by atoms with Crippen LogP contribution in [0.15, 0.2) is 35.9 Å². The molecule has 1 aromatic carbocycles. The Morgan fingerprint density at radius 2 is 1.64 bits per heavy atom. The van der Waals surface area contributed by atoms with Gasteiger partial charge in [-0.2, -0.15) is 0 Å². The van der Waals surface area contributed by atoms with Gasteiger partial charge in [0.2, 0.25) is 0 Å². The molecular weight excluding hydrogens is 560 g/mol. The van der Waals surface area contributed by atoms with E-state index in [0.29, 0.717) is 54.9 Å². The van der Waals surface area contributed by atoms with E-state index < -0.39 is 11.2 Å². The number of fused-ring (bicyclic) bond motifs is 5. The van der Waals surface area contributed by atoms with Gasteiger partial charge in [0.1, 0.15) is 11.2 Å². The van der Waals surface area contributed by atoms with E-state index in [1.807, 2.05) is 31.7 Å². The molecule has 0 spiro atoms. The summed E-state index contributed by atoms with van der Waals surface area (Å²) >= 11 is 0. The molecule has 6 rings (SSSR count). The number of carbonyl (C=O) groups excluding carboxylic acids is 2. The van der Waals surface area contributed by atoms with Crippen molar-refractivity contribution in [3.8, 4) is 11.8 Å². The van der Waals surface area contributed by atoms with Gasteiger partial charge >= 0.3 is 6.09 Å². The molecule has 0 bridgehead atoms. The molecule has 244 valence electrons. The SMILES string of the molecule is CC(C)(C)C#C[C@]1(O)CC[C@H]2[C@@H]3CCC4=CC(=O)CC[C@@H]4[C@H]3[C@@H](c3ccc(N4CCN(C(=O)OC(C)(C)C)CC4)cc3)C[C@@]21C. The minimum absolute atomic E-state index is 0.159. The van der Waals surface area contributed by atoms with Crippen LogP contribution in [0.25, 0.3) is 0 Å². The highest BCUT2D eigenvalue weighted by atomic mass is 16.6. The van der Waals surface area contributed by atoms with Crippen molar-refractivity contribution in [2.75, 3.05) is 31.1 Å². The molecule has 0 unspecified atom stereocenters. The average molecular weight is 615 g/mol. The quantitative estimate of drug-likeness (QED) is 0.353. The Balaban J connectivity index is 1.27. The first kappa shape index (κ1) is 32.2. The first-order valence-corrected chi connectivity index (χ1v) is 17.4. The lowest BCUT2D eigenvalue weighted by Crippen LogP contribution is -2.54. The fourth-order valence-corrected chi connectivity index (χ4v) is 9.56. The minimum atomic E-state index is -0.986. The summed E-state index contributed by atoms with van der Waals surface area (Å²) < 4.78 is 5.59. The van der Waals surface area contributed by atoms with Crippen LogP contribution in [0.1, 0.15) is 105 Å². The third-order valence-corrected chi connectivity index (χ3v) is 11.7. The van der Waals surface area contributed by atoms with E-state index in [-0.39, 0.29) is 16.9 Å². The molecule has 0 aromatic heterocycles. The topological polar surface area (TPSA) is 70.1 Å². The standard InChI is InChI=1S/C39H54N2O4/c1-36(2,3)18-19-39(44)17-16-33-31-14-10-27-24-29(42)13-15-30(27)34(31)32(25-38(33,39)7)26-8-11-28(12-9-26)40-20-22-41(23-21-40)35(43)45-37(4,5)6/h8-9,11-12,24,30-34,44H,10,13-17,20-23,25H2,1-7H3/t30-,31-,32+,33-,34+,38-,39+/m0/s1. The van der Waals surface area contributed by atoms with E-state index in [2.05, 4.69) is 68.7 Å². The van der Waals surface area contributed by atoms with Crippen LogP contribution in [-0.2, 0) is 9.53 Å². The molecule has 1 aliphatic heterocycles. The number of benzene rings is 1. The maximum Gasteiger partial charge on any atom is 0.410 e. The molecule has 7 atom stereocenters. The maximum absolute atomic E-state index is 12.6. The second-order valence-corrected chi connectivity index (χ2v) is 16.9. The molecule has 1 amide bonds. The van der Waals surface area contributed by atoms with Crippen LogP contribution >= 0.6 is 0 Å². The van der Waals surface area contributed by atoms with Crippen LogP contribution in [0.5, 0.6) is 0 Å². The van der Waals surface area contributed by atoms with Gasteiger partial charge in [0.05, 0.1) is 0 Å². The monoisotopic (exact) mass is 614 g/mol. The number of amides is 1. The van der Waals surface area contributed by atoms with Crippen LogP contribution in [0.2, 0.25) is 0 Å². The zero-order valence-electron chi connectivity index (χ0n) is 28.6. The Morgan fingerprint density at radius 1 is 0.956 bits per heavy atom. The molecule has 1 heterocycles. The van der Waals surface area contributed by atoms with Crippen molar-refractivity contribution < 1.29 is 19.4 Å². The van der Waals surface area contributed by atoms with E-state index in [1.54, 1.807) is 0 Å². The summed E-state index contributed by atoms with van der Waals surface area (Å²) in [6, 6.07) is 9.15. The molecule has 6 heteroatoms. The summed E-state index contributed by atoms with van der Waals surface area (Å²) in [4.78, 5) is 29.2. The molecule has 4 fully saturated rings. The fraction of sp³-hybridized carbons (Fsp3) is 0.692. The van der Waals surface area contributed by atoms with Crippen molar-refractivity contribution in [3.05, 3.63) is 41.5 Å². The van der Waals surface area contributed by atoms with E-state index >= 15 is 0 Å². The van der Waals surface area contributed by atoms with Gasteiger partial charge in [-0.3, -0.25) is 4.79 Å². The van der Waals surface area contributed by atoms with Crippen molar-refractivity contribution in [1.29, 1.82) is 0 Å². The van der Waals surface area contributed by atoms with Crippen LogP contribution < -0.4 is 4.90 Å². The minimum Gasteiger partial charge on any atom is -0.444 e. The van der Waals surface area contributed by atoms with E-state index in [1.165, 1.54) is 16.8 Å². The van der Waals surface area contributed by atoms with Crippen LogP contribution in [-0.4, -0.2) is 59.3 Å². The predicted octanol–water partition coefficient (Wildman–Crippen LogP) is 7.36. The number of aliphatic hydroxyl groups is 1. The number of hydrogen-bond donors (Lipinski definition) is 1. The number of anilines is 1. The fourth-order valence-electron chi connectivity index (χ4n) is 9.56. The Kier molecular flexibility index (Phi) is 8.21. The Hall–Kier alpha value is -2.78. The summed E-state index contributed by atoms with van der Waals surface area (Å²) in [5.41, 5.74) is 1.99. The average Bonchev–Trinajstić information content (AvgIpc) is 3.24. The van der Waals surface area contributed by atoms with Gasteiger partial charge < -0.3 is 19.6 Å². The zero-order valence-corrected chi connectivity index (χ0v) is 28.6. The maximum atomic E-state index is 12.6. The largest absolute Gasteiger partial charge is 0.444 e. The van der Waals surface area contributed by atoms with Gasteiger partial charge in [0.15, 0.2) is 5.78 Å². The molecular formula is C39H54N2O4. The Bertz CT molecular complexity index is 1400. The Morgan fingerprint density at radius 3 is 2.29 bits per heavy atom. The van der Waals surface area contributed by atoms with Crippen LogP contribution in [0.4, 0.5) is 10.5 Å². The lowest BCUT2D eigenvalue weighted by molar-refractivity contribution is -0.117. The third kappa shape index (κ3) is 6.19. The molecule has 45 heavy (non-hydrogen) atoms. The van der Waals surface area contributed by atoms with Crippen molar-refractivity contribution in [1.82, 2.24) is 4.90 Å². The van der Waals surface area contributed by atoms with Crippen molar-refractivity contribution in [2.45, 2.75) is 111 Å². The molecule has 1 N–H and O–H groups in total.